The molecule has 1 aliphatic rings. The number of hydrogen-bond acceptors (Lipinski definition) is 3. The molecule has 5 nitrogen and oxygen atoms in total. The highest BCUT2D eigenvalue weighted by Gasteiger charge is 2.43. The van der Waals surface area contributed by atoms with Crippen LogP contribution < -0.4 is 0 Å². The quantitative estimate of drug-likeness (QED) is 0.884. The number of alkyl halides is 3. The van der Waals surface area contributed by atoms with Gasteiger partial charge in [-0.3, -0.25) is 4.98 Å². The van der Waals surface area contributed by atoms with Crippen molar-refractivity contribution in [3.63, 3.8) is 0 Å². The molecule has 1 aliphatic carbocycles. The van der Waals surface area contributed by atoms with Crippen LogP contribution in [0.15, 0.2) is 6.20 Å². The molecule has 0 unspecified atom stereocenters. The Balaban J connectivity index is 2.77. The van der Waals surface area contributed by atoms with Crippen molar-refractivity contribution in [1.29, 1.82) is 0 Å². The maximum absolute atomic E-state index is 12.7. The lowest BCUT2D eigenvalue weighted by atomic mass is 9.96. The Bertz CT molecular complexity index is 564. The third kappa shape index (κ3) is 2.38. The number of hydrogen-bond donors (Lipinski definition) is 2. The van der Waals surface area contributed by atoms with Gasteiger partial charge in [0.2, 0.25) is 0 Å². The molecule has 0 bridgehead atoms. The van der Waals surface area contributed by atoms with E-state index in [1.807, 2.05) is 0 Å². The summed E-state index contributed by atoms with van der Waals surface area (Å²) in [7, 11) is 0. The number of carboxylic acid groups (broad SMARTS) is 2. The Morgan fingerprint density at radius 1 is 1.21 bits per heavy atom. The molecule has 0 atom stereocenters. The van der Waals surface area contributed by atoms with Gasteiger partial charge in [0.1, 0.15) is 0 Å². The molecule has 2 N–H and O–H groups in total. The van der Waals surface area contributed by atoms with Crippen molar-refractivity contribution < 1.29 is 33.0 Å². The average Bonchev–Trinajstić information content (AvgIpc) is 3.09. The lowest BCUT2D eigenvalue weighted by molar-refractivity contribution is -0.141. The van der Waals surface area contributed by atoms with Gasteiger partial charge >= 0.3 is 18.1 Å². The average molecular weight is 275 g/mol. The maximum Gasteiger partial charge on any atom is 0.434 e. The molecule has 8 heteroatoms. The molecule has 1 fully saturated rings. The Morgan fingerprint density at radius 2 is 1.79 bits per heavy atom. The third-order valence-corrected chi connectivity index (χ3v) is 2.82. The summed E-state index contributed by atoms with van der Waals surface area (Å²) in [6.45, 7) is 0. The lowest BCUT2D eigenvalue weighted by Gasteiger charge is -2.14. The van der Waals surface area contributed by atoms with Gasteiger partial charge in [0.15, 0.2) is 5.69 Å². The van der Waals surface area contributed by atoms with Gasteiger partial charge in [0.05, 0.1) is 11.1 Å². The van der Waals surface area contributed by atoms with Gasteiger partial charge in [-0.15, -0.1) is 0 Å². The number of nitrogens with zero attached hydrogens (tertiary/aromatic N) is 1. The van der Waals surface area contributed by atoms with Crippen molar-refractivity contribution in [2.45, 2.75) is 24.9 Å². The van der Waals surface area contributed by atoms with Crippen LogP contribution in [0.2, 0.25) is 0 Å². The molecule has 2 rings (SSSR count). The first-order valence-corrected chi connectivity index (χ1v) is 5.30. The number of pyridine rings is 1. The van der Waals surface area contributed by atoms with Crippen LogP contribution in [-0.4, -0.2) is 27.1 Å². The molecular formula is C11H8F3NO4. The van der Waals surface area contributed by atoms with Gasteiger partial charge in [-0.2, -0.15) is 13.2 Å². The van der Waals surface area contributed by atoms with E-state index in [2.05, 4.69) is 4.98 Å². The van der Waals surface area contributed by atoms with E-state index >= 15 is 0 Å². The fourth-order valence-electron chi connectivity index (χ4n) is 1.92. The summed E-state index contributed by atoms with van der Waals surface area (Å²) in [6.07, 6.45) is -3.41. The lowest BCUT2D eigenvalue weighted by Crippen LogP contribution is -2.20. The largest absolute Gasteiger partial charge is 0.478 e. The summed E-state index contributed by atoms with van der Waals surface area (Å²) in [4.78, 5) is 25.0. The van der Waals surface area contributed by atoms with Crippen molar-refractivity contribution in [1.82, 2.24) is 4.98 Å². The van der Waals surface area contributed by atoms with Gasteiger partial charge in [-0.05, 0) is 24.3 Å². The number of carbonyl (C=O) groups is 2. The Hall–Kier alpha value is -2.12. The molecule has 0 saturated heterocycles. The molecule has 0 spiro atoms. The van der Waals surface area contributed by atoms with Crippen LogP contribution in [0.25, 0.3) is 0 Å². The van der Waals surface area contributed by atoms with Crippen molar-refractivity contribution in [3.8, 4) is 0 Å². The zero-order valence-corrected chi connectivity index (χ0v) is 9.36. The molecule has 0 aliphatic heterocycles. The van der Waals surface area contributed by atoms with E-state index in [0.29, 0.717) is 19.0 Å². The van der Waals surface area contributed by atoms with Gasteiger partial charge in [0.25, 0.3) is 0 Å². The Morgan fingerprint density at radius 3 is 2.16 bits per heavy atom. The predicted molar refractivity (Wildman–Crippen MR) is 55.1 cm³/mol. The van der Waals surface area contributed by atoms with Crippen molar-refractivity contribution in [3.05, 3.63) is 28.6 Å². The minimum atomic E-state index is -4.94. The SMILES string of the molecule is O=C(O)c1cnc(C(F)(F)F)c(C(=O)O)c1C1CC1. The topological polar surface area (TPSA) is 87.5 Å². The van der Waals surface area contributed by atoms with E-state index < -0.39 is 40.9 Å². The highest BCUT2D eigenvalue weighted by atomic mass is 19.4. The van der Waals surface area contributed by atoms with Gasteiger partial charge < -0.3 is 10.2 Å². The molecule has 102 valence electrons. The van der Waals surface area contributed by atoms with Crippen LogP contribution in [0, 0.1) is 0 Å². The number of aromatic carboxylic acids is 2. The van der Waals surface area contributed by atoms with Crippen molar-refractivity contribution >= 4 is 11.9 Å². The van der Waals surface area contributed by atoms with E-state index in [4.69, 9.17) is 10.2 Å². The Kier molecular flexibility index (Phi) is 2.95. The Labute approximate surface area is 104 Å². The fraction of sp³-hybridized carbons (Fsp3) is 0.364. The fourth-order valence-corrected chi connectivity index (χ4v) is 1.92. The highest BCUT2D eigenvalue weighted by molar-refractivity contribution is 5.97. The first kappa shape index (κ1) is 13.3. The molecule has 0 radical (unpaired) electrons. The van der Waals surface area contributed by atoms with E-state index in [1.54, 1.807) is 0 Å². The molecule has 19 heavy (non-hydrogen) atoms. The summed E-state index contributed by atoms with van der Waals surface area (Å²) in [5, 5.41) is 17.9. The third-order valence-electron chi connectivity index (χ3n) is 2.82. The second-order valence-corrected chi connectivity index (χ2v) is 4.19. The van der Waals surface area contributed by atoms with Crippen LogP contribution in [-0.2, 0) is 6.18 Å². The van der Waals surface area contributed by atoms with Crippen molar-refractivity contribution in [2.75, 3.05) is 0 Å². The summed E-state index contributed by atoms with van der Waals surface area (Å²) >= 11 is 0. The molecular weight excluding hydrogens is 267 g/mol. The van der Waals surface area contributed by atoms with E-state index in [-0.39, 0.29) is 5.56 Å². The van der Waals surface area contributed by atoms with Crippen LogP contribution in [0.1, 0.15) is 50.7 Å². The minimum Gasteiger partial charge on any atom is -0.478 e. The molecule has 1 aromatic rings. The maximum atomic E-state index is 12.7. The second-order valence-electron chi connectivity index (χ2n) is 4.19. The van der Waals surface area contributed by atoms with E-state index in [1.165, 1.54) is 0 Å². The number of aromatic nitrogens is 1. The minimum absolute atomic E-state index is 0.276. The summed E-state index contributed by atoms with van der Waals surface area (Å²) in [5.74, 6) is -3.75. The first-order valence-electron chi connectivity index (χ1n) is 5.30. The first-order chi connectivity index (χ1) is 8.73. The second kappa shape index (κ2) is 4.22. The van der Waals surface area contributed by atoms with Crippen LogP contribution >= 0.6 is 0 Å². The highest BCUT2D eigenvalue weighted by Crippen LogP contribution is 2.45. The number of rotatable bonds is 3. The van der Waals surface area contributed by atoms with Crippen LogP contribution in [0.5, 0.6) is 0 Å². The van der Waals surface area contributed by atoms with Crippen LogP contribution in [0.3, 0.4) is 0 Å². The zero-order chi connectivity index (χ0) is 14.4. The molecule has 0 aromatic carbocycles. The molecule has 1 heterocycles. The van der Waals surface area contributed by atoms with Gasteiger partial charge in [0, 0.05) is 6.20 Å². The predicted octanol–water partition coefficient (Wildman–Crippen LogP) is 2.37. The number of halogens is 3. The normalized spacial score (nSPS) is 15.3. The van der Waals surface area contributed by atoms with Crippen LogP contribution in [0.4, 0.5) is 13.2 Å². The van der Waals surface area contributed by atoms with E-state index in [0.717, 1.165) is 0 Å². The van der Waals surface area contributed by atoms with Gasteiger partial charge in [-0.1, -0.05) is 0 Å². The number of carboxylic acids is 2. The standard InChI is InChI=1S/C11H8F3NO4/c12-11(13,14)8-7(10(18)19)6(4-1-2-4)5(3-15-8)9(16)17/h3-4H,1-2H2,(H,16,17)(H,18,19). The summed E-state index contributed by atoms with van der Waals surface area (Å²) in [5.41, 5.74) is -3.35. The monoisotopic (exact) mass is 275 g/mol. The molecule has 0 amide bonds. The van der Waals surface area contributed by atoms with E-state index in [9.17, 15) is 22.8 Å². The van der Waals surface area contributed by atoms with Crippen molar-refractivity contribution in [2.24, 2.45) is 0 Å². The molecule has 1 saturated carbocycles. The van der Waals surface area contributed by atoms with Gasteiger partial charge in [-0.25, -0.2) is 9.59 Å². The summed E-state index contributed by atoms with van der Waals surface area (Å²) in [6, 6.07) is 0. The smallest absolute Gasteiger partial charge is 0.434 e. The molecule has 1 aromatic heterocycles. The zero-order valence-electron chi connectivity index (χ0n) is 9.36. The summed E-state index contributed by atoms with van der Waals surface area (Å²) < 4.78 is 38.2.